The Morgan fingerprint density at radius 1 is 0.974 bits per heavy atom. The molecular formula is C32H35F3NO2Pt-. The molecule has 0 unspecified atom stereocenters. The molecule has 0 amide bonds. The minimum Gasteiger partial charge on any atom is -0.512 e. The van der Waals surface area contributed by atoms with E-state index in [1.54, 1.807) is 0 Å². The van der Waals surface area contributed by atoms with E-state index in [2.05, 4.69) is 80.7 Å². The van der Waals surface area contributed by atoms with Crippen molar-refractivity contribution in [3.05, 3.63) is 101 Å². The normalized spacial score (nSPS) is 17.6. The molecule has 212 valence electrons. The van der Waals surface area contributed by atoms with Crippen LogP contribution in [0, 0.1) is 25.8 Å². The molecule has 0 bridgehead atoms. The van der Waals surface area contributed by atoms with E-state index < -0.39 is 23.6 Å². The summed E-state index contributed by atoms with van der Waals surface area (Å²) in [6.07, 6.45) is 2.47. The Morgan fingerprint density at radius 2 is 1.56 bits per heavy atom. The van der Waals surface area contributed by atoms with Crippen LogP contribution in [0.5, 0.6) is 0 Å². The Balaban J connectivity index is 0.000000352. The Kier molecular flexibility index (Phi) is 12.2. The van der Waals surface area contributed by atoms with Crippen LogP contribution in [-0.2, 0) is 25.9 Å². The molecule has 1 aromatic heterocycles. The molecule has 7 heteroatoms. The Labute approximate surface area is 243 Å². The number of allylic oxidation sites excluding steroid dienone is 2. The first-order valence-corrected chi connectivity index (χ1v) is 13.0. The number of benzene rings is 2. The van der Waals surface area contributed by atoms with Gasteiger partial charge in [-0.1, -0.05) is 70.2 Å². The standard InChI is InChI=1S/C25H26N.C7H9F3O2.Pt/c1-18-14-19(2)16-24(15-18)25-13-12-23(17-26-25)22-10-8-21(9-11-22)20-6-4-3-5-7-20;1-4(2)5(11)3-6(12)7(8,9)10;/h3-7,12-15,17,21-22H,8-11H2,1-2H3;3-4,11H,1-2H3;/q-1;;/b;5-3-;. The Bertz CT molecular complexity index is 1210. The maximum absolute atomic E-state index is 11.6. The van der Waals surface area contributed by atoms with E-state index in [9.17, 15) is 18.0 Å². The minimum absolute atomic E-state index is 0. The summed E-state index contributed by atoms with van der Waals surface area (Å²) in [6, 6.07) is 23.2. The summed E-state index contributed by atoms with van der Waals surface area (Å²) in [6.45, 7) is 7.19. The number of aromatic nitrogens is 1. The quantitative estimate of drug-likeness (QED) is 0.163. The van der Waals surface area contributed by atoms with Crippen LogP contribution < -0.4 is 0 Å². The number of aliphatic hydroxyl groups is 1. The fourth-order valence-electron chi connectivity index (χ4n) is 4.71. The van der Waals surface area contributed by atoms with Crippen molar-refractivity contribution in [2.75, 3.05) is 0 Å². The molecule has 0 atom stereocenters. The number of hydrogen-bond donors (Lipinski definition) is 1. The first-order chi connectivity index (χ1) is 17.9. The maximum Gasteiger partial charge on any atom is 0.454 e. The molecule has 3 nitrogen and oxygen atoms in total. The summed E-state index contributed by atoms with van der Waals surface area (Å²) in [7, 11) is 0. The molecule has 3 aromatic rings. The number of ketones is 1. The zero-order valence-corrected chi connectivity index (χ0v) is 24.9. The summed E-state index contributed by atoms with van der Waals surface area (Å²) < 4.78 is 34.7. The fourth-order valence-corrected chi connectivity index (χ4v) is 4.71. The molecule has 1 heterocycles. The van der Waals surface area contributed by atoms with Gasteiger partial charge in [-0.25, -0.2) is 0 Å². The van der Waals surface area contributed by atoms with Crippen LogP contribution in [-0.4, -0.2) is 22.1 Å². The third kappa shape index (κ3) is 9.76. The van der Waals surface area contributed by atoms with Crippen molar-refractivity contribution in [3.63, 3.8) is 0 Å². The van der Waals surface area contributed by atoms with Crippen molar-refractivity contribution in [2.24, 2.45) is 5.92 Å². The Morgan fingerprint density at radius 3 is 2.05 bits per heavy atom. The minimum atomic E-state index is -4.90. The van der Waals surface area contributed by atoms with Gasteiger partial charge in [0.15, 0.2) is 0 Å². The number of pyridine rings is 1. The fraction of sp³-hybridized carbons (Fsp3) is 0.375. The molecule has 1 N–H and O–H groups in total. The second-order valence-electron chi connectivity index (χ2n) is 10.3. The van der Waals surface area contributed by atoms with Crippen molar-refractivity contribution < 1.29 is 44.1 Å². The molecule has 0 spiro atoms. The first kappa shape index (κ1) is 32.5. The van der Waals surface area contributed by atoms with Crippen molar-refractivity contribution in [3.8, 4) is 11.3 Å². The summed E-state index contributed by atoms with van der Waals surface area (Å²) in [5.41, 5.74) is 7.46. The average molecular weight is 718 g/mol. The number of aliphatic hydroxyl groups excluding tert-OH is 1. The van der Waals surface area contributed by atoms with Gasteiger partial charge < -0.3 is 10.1 Å². The van der Waals surface area contributed by atoms with E-state index in [1.165, 1.54) is 61.8 Å². The third-order valence-corrected chi connectivity index (χ3v) is 6.83. The predicted molar refractivity (Wildman–Crippen MR) is 145 cm³/mol. The zero-order chi connectivity index (χ0) is 27.9. The smallest absolute Gasteiger partial charge is 0.454 e. The maximum atomic E-state index is 11.6. The van der Waals surface area contributed by atoms with Gasteiger partial charge in [0.05, 0.1) is 5.76 Å². The van der Waals surface area contributed by atoms with Crippen molar-refractivity contribution in [1.29, 1.82) is 0 Å². The zero-order valence-electron chi connectivity index (χ0n) is 22.7. The van der Waals surface area contributed by atoms with E-state index in [4.69, 9.17) is 10.1 Å². The molecule has 1 saturated carbocycles. The SMILES string of the molecule is CC(C)/C(O)=C/C(=O)C(F)(F)F.Cc1[c-]c(-c2ccc(C3CCC(c4ccccc4)CC3)cn2)cc(C)c1.[Pt]. The number of alkyl halides is 3. The van der Waals surface area contributed by atoms with E-state index in [-0.39, 0.29) is 27.1 Å². The van der Waals surface area contributed by atoms with Gasteiger partial charge in [-0.05, 0) is 54.3 Å². The first-order valence-electron chi connectivity index (χ1n) is 13.0. The molecule has 39 heavy (non-hydrogen) atoms. The molecule has 0 saturated heterocycles. The Hall–Kier alpha value is -2.72. The van der Waals surface area contributed by atoms with Gasteiger partial charge in [0.1, 0.15) is 0 Å². The van der Waals surface area contributed by atoms with Gasteiger partial charge >= 0.3 is 6.18 Å². The van der Waals surface area contributed by atoms with Gasteiger partial charge in [0, 0.05) is 39.3 Å². The van der Waals surface area contributed by atoms with Crippen LogP contribution in [0.3, 0.4) is 0 Å². The monoisotopic (exact) mass is 717 g/mol. The van der Waals surface area contributed by atoms with Crippen molar-refractivity contribution >= 4 is 5.78 Å². The van der Waals surface area contributed by atoms with Gasteiger partial charge in [-0.2, -0.15) is 13.2 Å². The average Bonchev–Trinajstić information content (AvgIpc) is 2.88. The molecule has 1 aliphatic rings. The summed E-state index contributed by atoms with van der Waals surface area (Å²) in [4.78, 5) is 15.0. The van der Waals surface area contributed by atoms with Gasteiger partial charge in [0.2, 0.25) is 0 Å². The summed E-state index contributed by atoms with van der Waals surface area (Å²) in [5.74, 6) is -1.69. The molecular weight excluding hydrogens is 682 g/mol. The van der Waals surface area contributed by atoms with Gasteiger partial charge in [0.25, 0.3) is 5.78 Å². The second kappa shape index (κ2) is 14.6. The number of carbonyl (C=O) groups is 1. The third-order valence-electron chi connectivity index (χ3n) is 6.83. The number of hydrogen-bond acceptors (Lipinski definition) is 3. The molecule has 1 fully saturated rings. The van der Waals surface area contributed by atoms with Crippen LogP contribution >= 0.6 is 0 Å². The topological polar surface area (TPSA) is 50.2 Å². The van der Waals surface area contributed by atoms with Gasteiger partial charge in [-0.3, -0.25) is 4.79 Å². The van der Waals surface area contributed by atoms with Crippen LogP contribution in [0.15, 0.2) is 72.6 Å². The molecule has 0 radical (unpaired) electrons. The summed E-state index contributed by atoms with van der Waals surface area (Å²) in [5, 5.41) is 8.80. The predicted octanol–water partition coefficient (Wildman–Crippen LogP) is 8.82. The number of aryl methyl sites for hydroxylation is 2. The van der Waals surface area contributed by atoms with Gasteiger partial charge in [-0.15, -0.1) is 34.9 Å². The summed E-state index contributed by atoms with van der Waals surface area (Å²) >= 11 is 0. The second-order valence-corrected chi connectivity index (χ2v) is 10.3. The van der Waals surface area contributed by atoms with Crippen LogP contribution in [0.2, 0.25) is 0 Å². The number of rotatable bonds is 5. The van der Waals surface area contributed by atoms with Crippen molar-refractivity contribution in [1.82, 2.24) is 4.98 Å². The van der Waals surface area contributed by atoms with E-state index in [0.29, 0.717) is 5.92 Å². The van der Waals surface area contributed by atoms with Crippen LogP contribution in [0.25, 0.3) is 11.3 Å². The van der Waals surface area contributed by atoms with Crippen LogP contribution in [0.1, 0.15) is 73.6 Å². The van der Waals surface area contributed by atoms with E-state index >= 15 is 0 Å². The van der Waals surface area contributed by atoms with E-state index in [1.807, 2.05) is 0 Å². The molecule has 0 aliphatic heterocycles. The number of halogens is 3. The molecule has 4 rings (SSSR count). The number of carbonyl (C=O) groups excluding carboxylic acids is 1. The van der Waals surface area contributed by atoms with E-state index in [0.717, 1.165) is 17.2 Å². The number of nitrogens with zero attached hydrogens (tertiary/aromatic N) is 1. The van der Waals surface area contributed by atoms with Crippen LogP contribution in [0.4, 0.5) is 13.2 Å². The largest absolute Gasteiger partial charge is 0.512 e. The molecule has 1 aliphatic carbocycles. The van der Waals surface area contributed by atoms with Crippen molar-refractivity contribution in [2.45, 2.75) is 71.4 Å². The molecule has 2 aromatic carbocycles.